The van der Waals surface area contributed by atoms with E-state index in [0.717, 1.165) is 12.0 Å². The van der Waals surface area contributed by atoms with Crippen molar-refractivity contribution in [1.29, 1.82) is 5.26 Å². The second-order valence-corrected chi connectivity index (χ2v) is 3.19. The lowest BCUT2D eigenvalue weighted by atomic mass is 10.2. The van der Waals surface area contributed by atoms with Crippen molar-refractivity contribution in [2.24, 2.45) is 5.11 Å². The zero-order chi connectivity index (χ0) is 11.8. The van der Waals surface area contributed by atoms with Crippen LogP contribution in [-0.4, -0.2) is 11.6 Å². The first-order chi connectivity index (χ1) is 7.76. The van der Waals surface area contributed by atoms with Crippen LogP contribution >= 0.6 is 0 Å². The van der Waals surface area contributed by atoms with Crippen LogP contribution in [0.25, 0.3) is 0 Å². The van der Waals surface area contributed by atoms with Crippen molar-refractivity contribution < 1.29 is 9.86 Å². The zero-order valence-corrected chi connectivity index (χ0v) is 9.09. The van der Waals surface area contributed by atoms with Crippen LogP contribution in [0.1, 0.15) is 24.5 Å². The van der Waals surface area contributed by atoms with E-state index in [2.05, 4.69) is 5.11 Å². The van der Waals surface area contributed by atoms with Gasteiger partial charge in [0, 0.05) is 5.11 Å². The lowest BCUT2D eigenvalue weighted by molar-refractivity contribution is -0.795. The molecule has 0 aliphatic rings. The molecule has 0 aromatic heterocycles. The molecular formula is C11H13N3O2. The topological polar surface area (TPSA) is 71.4 Å². The summed E-state index contributed by atoms with van der Waals surface area (Å²) < 4.78 is 0. The summed E-state index contributed by atoms with van der Waals surface area (Å²) in [6.07, 6.45) is 0.805. The molecule has 0 fully saturated rings. The molecule has 16 heavy (non-hydrogen) atoms. The molecule has 0 spiro atoms. The standard InChI is InChI=1S/C11H13N3O2/c1-2-7-13-14(15)16-9-11-5-3-10(8-12)4-6-11/h3-6H,2,7,9H2,1H3. The van der Waals surface area contributed by atoms with Crippen molar-refractivity contribution in [3.63, 3.8) is 0 Å². The third-order valence-electron chi connectivity index (χ3n) is 1.86. The number of hydrogen-bond donors (Lipinski definition) is 0. The summed E-state index contributed by atoms with van der Waals surface area (Å²) in [4.78, 5) is 4.83. The Kier molecular flexibility index (Phi) is 4.80. The van der Waals surface area contributed by atoms with Crippen molar-refractivity contribution in [1.82, 2.24) is 0 Å². The van der Waals surface area contributed by atoms with Crippen LogP contribution in [0.4, 0.5) is 0 Å². The molecule has 5 heteroatoms. The normalized spacial score (nSPS) is 10.9. The maximum atomic E-state index is 11.0. The van der Waals surface area contributed by atoms with Gasteiger partial charge in [0.1, 0.15) is 6.54 Å². The SMILES string of the molecule is CCCN=[N+]([O-])OCc1ccc(C#N)cc1. The quantitative estimate of drug-likeness (QED) is 0.563. The first-order valence-corrected chi connectivity index (χ1v) is 5.03. The lowest BCUT2D eigenvalue weighted by Gasteiger charge is -2.03. The average Bonchev–Trinajstić information content (AvgIpc) is 2.34. The van der Waals surface area contributed by atoms with E-state index >= 15 is 0 Å². The van der Waals surface area contributed by atoms with Gasteiger partial charge in [0.25, 0.3) is 0 Å². The first-order valence-electron chi connectivity index (χ1n) is 5.03. The molecule has 1 aromatic rings. The van der Waals surface area contributed by atoms with Crippen molar-refractivity contribution in [3.8, 4) is 6.07 Å². The lowest BCUT2D eigenvalue weighted by Crippen LogP contribution is -2.03. The van der Waals surface area contributed by atoms with Gasteiger partial charge >= 0.3 is 0 Å². The highest BCUT2D eigenvalue weighted by atomic mass is 16.9. The molecule has 0 aliphatic carbocycles. The van der Waals surface area contributed by atoms with Crippen LogP contribution in [0.2, 0.25) is 0 Å². The van der Waals surface area contributed by atoms with Gasteiger partial charge in [0.05, 0.1) is 18.2 Å². The van der Waals surface area contributed by atoms with Gasteiger partial charge in [-0.1, -0.05) is 19.1 Å². The van der Waals surface area contributed by atoms with E-state index in [1.807, 2.05) is 13.0 Å². The smallest absolute Gasteiger partial charge is 0.169 e. The van der Waals surface area contributed by atoms with E-state index in [1.165, 1.54) is 0 Å². The van der Waals surface area contributed by atoms with Crippen LogP contribution in [0.15, 0.2) is 29.4 Å². The maximum Gasteiger partial charge on any atom is 0.169 e. The second kappa shape index (κ2) is 6.40. The summed E-state index contributed by atoms with van der Waals surface area (Å²) in [6.45, 7) is 2.54. The van der Waals surface area contributed by atoms with Gasteiger partial charge in [-0.15, -0.1) is 0 Å². The number of benzene rings is 1. The molecule has 0 N–H and O–H groups in total. The minimum Gasteiger partial charge on any atom is -0.376 e. The highest BCUT2D eigenvalue weighted by molar-refractivity contribution is 5.31. The molecule has 5 nitrogen and oxygen atoms in total. The van der Waals surface area contributed by atoms with E-state index in [1.54, 1.807) is 24.3 Å². The van der Waals surface area contributed by atoms with Crippen molar-refractivity contribution in [2.75, 3.05) is 6.54 Å². The number of nitriles is 1. The van der Waals surface area contributed by atoms with E-state index in [4.69, 9.17) is 10.1 Å². The van der Waals surface area contributed by atoms with E-state index in [9.17, 15) is 5.21 Å². The summed E-state index contributed by atoms with van der Waals surface area (Å²) in [6, 6.07) is 8.86. The number of rotatable bonds is 5. The van der Waals surface area contributed by atoms with E-state index in [-0.39, 0.29) is 11.6 Å². The van der Waals surface area contributed by atoms with E-state index in [0.29, 0.717) is 12.1 Å². The highest BCUT2D eigenvalue weighted by Crippen LogP contribution is 2.04. The van der Waals surface area contributed by atoms with Gasteiger partial charge in [-0.25, -0.2) is 5.21 Å². The Hall–Kier alpha value is -2.09. The third-order valence-corrected chi connectivity index (χ3v) is 1.86. The molecule has 0 aliphatic heterocycles. The Labute approximate surface area is 94.1 Å². The van der Waals surface area contributed by atoms with Crippen molar-refractivity contribution in [2.45, 2.75) is 20.0 Å². The molecule has 0 unspecified atom stereocenters. The fourth-order valence-corrected chi connectivity index (χ4v) is 1.03. The van der Waals surface area contributed by atoms with Crippen LogP contribution in [0, 0.1) is 16.5 Å². The molecule has 0 heterocycles. The molecule has 0 bridgehead atoms. The molecular weight excluding hydrogens is 206 g/mol. The molecule has 0 saturated heterocycles. The Morgan fingerprint density at radius 3 is 2.69 bits per heavy atom. The Balaban J connectivity index is 2.46. The van der Waals surface area contributed by atoms with Gasteiger partial charge in [-0.3, -0.25) is 0 Å². The fourth-order valence-electron chi connectivity index (χ4n) is 1.03. The number of nitrogens with zero attached hydrogens (tertiary/aromatic N) is 3. The predicted molar refractivity (Wildman–Crippen MR) is 57.2 cm³/mol. The summed E-state index contributed by atoms with van der Waals surface area (Å²) >= 11 is 0. The van der Waals surface area contributed by atoms with Crippen LogP contribution < -0.4 is 0 Å². The molecule has 0 saturated carbocycles. The third kappa shape index (κ3) is 3.96. The monoisotopic (exact) mass is 219 g/mol. The highest BCUT2D eigenvalue weighted by Gasteiger charge is 1.96. The van der Waals surface area contributed by atoms with Crippen molar-refractivity contribution in [3.05, 3.63) is 40.6 Å². The second-order valence-electron chi connectivity index (χ2n) is 3.19. The van der Waals surface area contributed by atoms with Gasteiger partial charge in [0.15, 0.2) is 5.02 Å². The molecule has 1 rings (SSSR count). The maximum absolute atomic E-state index is 11.0. The zero-order valence-electron chi connectivity index (χ0n) is 9.09. The number of hydrogen-bond acceptors (Lipinski definition) is 4. The van der Waals surface area contributed by atoms with Gasteiger partial charge in [-0.05, 0) is 24.1 Å². The minimum absolute atomic E-state index is 0.155. The summed E-state index contributed by atoms with van der Waals surface area (Å²) in [7, 11) is 0. The van der Waals surface area contributed by atoms with Gasteiger partial charge in [-0.2, -0.15) is 5.26 Å². The minimum atomic E-state index is 0.155. The Bertz CT molecular complexity index is 393. The van der Waals surface area contributed by atoms with Crippen LogP contribution in [-0.2, 0) is 11.4 Å². The van der Waals surface area contributed by atoms with Crippen LogP contribution in [0.5, 0.6) is 0 Å². The molecule has 0 atom stereocenters. The summed E-state index contributed by atoms with van der Waals surface area (Å²) in [5, 5.41) is 23.4. The largest absolute Gasteiger partial charge is 0.376 e. The van der Waals surface area contributed by atoms with E-state index < -0.39 is 0 Å². The van der Waals surface area contributed by atoms with Gasteiger partial charge < -0.3 is 4.84 Å². The Morgan fingerprint density at radius 2 is 2.12 bits per heavy atom. The molecule has 84 valence electrons. The first kappa shape index (κ1) is 12.0. The summed E-state index contributed by atoms with van der Waals surface area (Å²) in [5.41, 5.74) is 1.41. The van der Waals surface area contributed by atoms with Crippen LogP contribution in [0.3, 0.4) is 0 Å². The molecule has 1 aromatic carbocycles. The average molecular weight is 219 g/mol. The Morgan fingerprint density at radius 1 is 1.44 bits per heavy atom. The fraction of sp³-hybridized carbons (Fsp3) is 0.364. The predicted octanol–water partition coefficient (Wildman–Crippen LogP) is 2.36. The van der Waals surface area contributed by atoms with Gasteiger partial charge in [0.2, 0.25) is 0 Å². The molecule has 0 amide bonds. The summed E-state index contributed by atoms with van der Waals surface area (Å²) in [5.74, 6) is 0. The molecule has 0 radical (unpaired) electrons. The van der Waals surface area contributed by atoms with Crippen molar-refractivity contribution >= 4 is 0 Å².